The van der Waals surface area contributed by atoms with Gasteiger partial charge in [-0.15, -0.1) is 0 Å². The van der Waals surface area contributed by atoms with Gasteiger partial charge < -0.3 is 5.32 Å². The summed E-state index contributed by atoms with van der Waals surface area (Å²) < 4.78 is 0.824. The Morgan fingerprint density at radius 2 is 1.85 bits per heavy atom. The number of benzene rings is 1. The second-order valence-corrected chi connectivity index (χ2v) is 6.04. The van der Waals surface area contributed by atoms with Gasteiger partial charge in [0.2, 0.25) is 11.6 Å². The first-order valence-electron chi connectivity index (χ1n) is 7.53. The summed E-state index contributed by atoms with van der Waals surface area (Å²) in [5.74, 6) is -0.674. The van der Waals surface area contributed by atoms with E-state index in [1.54, 1.807) is 42.6 Å². The number of nitrogens with one attached hydrogen (secondary N) is 3. The van der Waals surface area contributed by atoms with E-state index in [0.717, 1.165) is 10.8 Å². The van der Waals surface area contributed by atoms with Crippen molar-refractivity contribution in [3.8, 4) is 0 Å². The largest absolute Gasteiger partial charge is 0.355 e. The molecule has 0 radical (unpaired) electrons. The zero-order valence-electron chi connectivity index (χ0n) is 13.6. The number of nitro groups is 1. The van der Waals surface area contributed by atoms with E-state index in [-0.39, 0.29) is 11.6 Å². The molecule has 0 fully saturated rings. The summed E-state index contributed by atoms with van der Waals surface area (Å²) in [6.07, 6.45) is 4.21. The zero-order valence-corrected chi connectivity index (χ0v) is 15.2. The highest BCUT2D eigenvalue weighted by atomic mass is 79.9. The lowest BCUT2D eigenvalue weighted by Gasteiger charge is -2.10. The molecule has 0 aliphatic rings. The molecule has 2 aromatic heterocycles. The molecule has 27 heavy (non-hydrogen) atoms. The van der Waals surface area contributed by atoms with Crippen molar-refractivity contribution < 1.29 is 9.72 Å². The molecule has 0 saturated heterocycles. The van der Waals surface area contributed by atoms with E-state index in [0.29, 0.717) is 11.3 Å². The van der Waals surface area contributed by atoms with Crippen molar-refractivity contribution in [3.63, 3.8) is 0 Å². The molecule has 3 N–H and O–H groups in total. The Bertz CT molecular complexity index is 968. The molecule has 3 aromatic rings. The molecule has 0 spiro atoms. The van der Waals surface area contributed by atoms with E-state index in [1.165, 1.54) is 6.20 Å². The number of pyridine rings is 1. The second kappa shape index (κ2) is 8.19. The Kier molecular flexibility index (Phi) is 5.52. The third-order valence-electron chi connectivity index (χ3n) is 3.33. The predicted molar refractivity (Wildman–Crippen MR) is 101 cm³/mol. The fourth-order valence-corrected chi connectivity index (χ4v) is 2.36. The number of nitrogens with zero attached hydrogens (tertiary/aromatic N) is 4. The van der Waals surface area contributed by atoms with Crippen LogP contribution in [0.4, 0.5) is 23.0 Å². The Labute approximate surface area is 161 Å². The summed E-state index contributed by atoms with van der Waals surface area (Å²) in [5.41, 5.74) is 5.33. The number of carbonyl (C=O) groups excluding carboxylic acids is 1. The van der Waals surface area contributed by atoms with Gasteiger partial charge in [-0.25, -0.2) is 9.97 Å². The first-order valence-corrected chi connectivity index (χ1v) is 8.32. The molecule has 0 aliphatic heterocycles. The molecular weight excluding hydrogens is 418 g/mol. The summed E-state index contributed by atoms with van der Waals surface area (Å²) in [4.78, 5) is 34.7. The molecule has 10 nitrogen and oxygen atoms in total. The van der Waals surface area contributed by atoms with Crippen molar-refractivity contribution in [2.45, 2.75) is 0 Å². The minimum absolute atomic E-state index is 0.0385. The molecule has 0 unspecified atom stereocenters. The Morgan fingerprint density at radius 1 is 1.11 bits per heavy atom. The van der Waals surface area contributed by atoms with Crippen LogP contribution in [0, 0.1) is 10.1 Å². The monoisotopic (exact) mass is 429 g/mol. The molecule has 0 atom stereocenters. The van der Waals surface area contributed by atoms with Crippen molar-refractivity contribution in [3.05, 3.63) is 75.3 Å². The topological polar surface area (TPSA) is 135 Å². The number of amides is 1. The quantitative estimate of drug-likeness (QED) is 0.401. The molecule has 136 valence electrons. The number of hydrogen-bond acceptors (Lipinski definition) is 8. The lowest BCUT2D eigenvalue weighted by atomic mass is 10.2. The summed E-state index contributed by atoms with van der Waals surface area (Å²) in [6.45, 7) is 0. The number of anilines is 3. The molecule has 2 heterocycles. The van der Waals surface area contributed by atoms with Crippen LogP contribution in [0.15, 0.2) is 59.6 Å². The van der Waals surface area contributed by atoms with Gasteiger partial charge in [0.05, 0.1) is 16.8 Å². The van der Waals surface area contributed by atoms with Crippen LogP contribution in [0.1, 0.15) is 10.4 Å². The van der Waals surface area contributed by atoms with Gasteiger partial charge in [-0.3, -0.25) is 30.7 Å². The van der Waals surface area contributed by atoms with Crippen LogP contribution < -0.4 is 16.2 Å². The van der Waals surface area contributed by atoms with Crippen molar-refractivity contribution in [1.29, 1.82) is 0 Å². The maximum absolute atomic E-state index is 12.2. The van der Waals surface area contributed by atoms with Gasteiger partial charge in [-0.2, -0.15) is 0 Å². The fourth-order valence-electron chi connectivity index (χ4n) is 2.10. The molecule has 0 bridgehead atoms. The molecular formula is C16H12BrN7O3. The van der Waals surface area contributed by atoms with Crippen molar-refractivity contribution in [2.75, 3.05) is 10.7 Å². The van der Waals surface area contributed by atoms with Gasteiger partial charge >= 0.3 is 5.69 Å². The normalized spacial score (nSPS) is 10.1. The molecule has 1 aromatic carbocycles. The Morgan fingerprint density at radius 3 is 2.52 bits per heavy atom. The van der Waals surface area contributed by atoms with Gasteiger partial charge in [0, 0.05) is 16.2 Å². The first kappa shape index (κ1) is 18.2. The number of hydrogen-bond donors (Lipinski definition) is 3. The van der Waals surface area contributed by atoms with Crippen LogP contribution >= 0.6 is 15.9 Å². The van der Waals surface area contributed by atoms with Crippen LogP contribution in [0.25, 0.3) is 0 Å². The van der Waals surface area contributed by atoms with Crippen LogP contribution in [0.3, 0.4) is 0 Å². The van der Waals surface area contributed by atoms with E-state index in [1.807, 2.05) is 0 Å². The van der Waals surface area contributed by atoms with Gasteiger partial charge in [0.1, 0.15) is 6.33 Å². The zero-order chi connectivity index (χ0) is 19.2. The minimum Gasteiger partial charge on any atom is -0.333 e. The predicted octanol–water partition coefficient (Wildman–Crippen LogP) is 3.04. The van der Waals surface area contributed by atoms with E-state index < -0.39 is 16.5 Å². The van der Waals surface area contributed by atoms with Gasteiger partial charge in [-0.05, 0) is 36.4 Å². The SMILES string of the molecule is O=C(NNc1ncnc(Nc2cccnc2)c1[N+](=O)[O-])c1ccc(Br)cc1. The molecule has 11 heteroatoms. The highest BCUT2D eigenvalue weighted by molar-refractivity contribution is 9.10. The maximum atomic E-state index is 12.2. The van der Waals surface area contributed by atoms with Crippen molar-refractivity contribution >= 4 is 44.8 Å². The molecule has 0 aliphatic carbocycles. The maximum Gasteiger partial charge on any atom is 0.355 e. The highest BCUT2D eigenvalue weighted by Gasteiger charge is 2.23. The standard InChI is InChI=1S/C16H12BrN7O3/c17-11-5-3-10(4-6-11)16(25)23-22-15-13(24(26)27)14(19-9-20-15)21-12-2-1-7-18-8-12/h1-9H,(H,23,25)(H2,19,20,21,22). The number of rotatable bonds is 6. The first-order chi connectivity index (χ1) is 13.0. The van der Waals surface area contributed by atoms with E-state index >= 15 is 0 Å². The minimum atomic E-state index is -0.646. The van der Waals surface area contributed by atoms with E-state index in [4.69, 9.17) is 0 Å². The smallest absolute Gasteiger partial charge is 0.333 e. The molecule has 1 amide bonds. The molecule has 0 saturated carbocycles. The third kappa shape index (κ3) is 4.52. The van der Waals surface area contributed by atoms with Crippen LogP contribution in [0.2, 0.25) is 0 Å². The van der Waals surface area contributed by atoms with Crippen LogP contribution in [-0.2, 0) is 0 Å². The Hall–Kier alpha value is -3.60. The van der Waals surface area contributed by atoms with E-state index in [9.17, 15) is 14.9 Å². The molecule has 3 rings (SSSR count). The van der Waals surface area contributed by atoms with Crippen molar-refractivity contribution in [1.82, 2.24) is 20.4 Å². The average molecular weight is 430 g/mol. The van der Waals surface area contributed by atoms with Crippen molar-refractivity contribution in [2.24, 2.45) is 0 Å². The van der Waals surface area contributed by atoms with Crippen LogP contribution in [0.5, 0.6) is 0 Å². The van der Waals surface area contributed by atoms with Gasteiger partial charge in [0.15, 0.2) is 0 Å². The fraction of sp³-hybridized carbons (Fsp3) is 0. The van der Waals surface area contributed by atoms with Gasteiger partial charge in [0.25, 0.3) is 5.91 Å². The number of aromatic nitrogens is 3. The van der Waals surface area contributed by atoms with Gasteiger partial charge in [-0.1, -0.05) is 15.9 Å². The lowest BCUT2D eigenvalue weighted by Crippen LogP contribution is -2.30. The number of carbonyl (C=O) groups is 1. The summed E-state index contributed by atoms with van der Waals surface area (Å²) >= 11 is 3.28. The van der Waals surface area contributed by atoms with Crippen LogP contribution in [-0.4, -0.2) is 25.8 Å². The second-order valence-electron chi connectivity index (χ2n) is 5.13. The number of hydrazine groups is 1. The number of halogens is 1. The Balaban J connectivity index is 1.80. The van der Waals surface area contributed by atoms with E-state index in [2.05, 4.69) is 47.1 Å². The lowest BCUT2D eigenvalue weighted by molar-refractivity contribution is -0.383. The summed E-state index contributed by atoms with van der Waals surface area (Å²) in [7, 11) is 0. The third-order valence-corrected chi connectivity index (χ3v) is 3.86. The average Bonchev–Trinajstić information content (AvgIpc) is 2.67. The summed E-state index contributed by atoms with van der Waals surface area (Å²) in [6, 6.07) is 9.97. The highest BCUT2D eigenvalue weighted by Crippen LogP contribution is 2.30. The summed E-state index contributed by atoms with van der Waals surface area (Å²) in [5, 5.41) is 14.3.